The smallest absolute Gasteiger partial charge is 0.258 e. The summed E-state index contributed by atoms with van der Waals surface area (Å²) in [7, 11) is -3.85. The number of nitro groups is 1. The SMILES string of the molecule is Cc1ccc(S(=O)(=O)N(Cc2ccccc2)[C@@H](C)C2CC2)cc1[N+](=O)[O-]. The minimum Gasteiger partial charge on any atom is -0.258 e. The van der Waals surface area contributed by atoms with E-state index in [1.165, 1.54) is 22.5 Å². The molecule has 0 aliphatic heterocycles. The van der Waals surface area contributed by atoms with Gasteiger partial charge in [0, 0.05) is 24.2 Å². The zero-order valence-corrected chi connectivity index (χ0v) is 15.6. The molecule has 2 aromatic carbocycles. The zero-order chi connectivity index (χ0) is 18.9. The average molecular weight is 374 g/mol. The van der Waals surface area contributed by atoms with Crippen LogP contribution in [0.15, 0.2) is 53.4 Å². The normalized spacial score (nSPS) is 15.8. The van der Waals surface area contributed by atoms with Crippen molar-refractivity contribution in [1.29, 1.82) is 0 Å². The first-order valence-corrected chi connectivity index (χ1v) is 10.1. The van der Waals surface area contributed by atoms with E-state index in [1.807, 2.05) is 37.3 Å². The third-order valence-corrected chi connectivity index (χ3v) is 6.85. The van der Waals surface area contributed by atoms with Crippen molar-refractivity contribution in [3.8, 4) is 0 Å². The van der Waals surface area contributed by atoms with Gasteiger partial charge >= 0.3 is 0 Å². The number of aryl methyl sites for hydroxylation is 1. The third kappa shape index (κ3) is 3.78. The average Bonchev–Trinajstić information content (AvgIpc) is 3.45. The molecule has 0 spiro atoms. The van der Waals surface area contributed by atoms with Crippen molar-refractivity contribution < 1.29 is 13.3 Å². The van der Waals surface area contributed by atoms with Gasteiger partial charge in [-0.1, -0.05) is 36.4 Å². The lowest BCUT2D eigenvalue weighted by Gasteiger charge is -2.28. The van der Waals surface area contributed by atoms with Crippen LogP contribution in [0.25, 0.3) is 0 Å². The number of sulfonamides is 1. The second kappa shape index (κ2) is 7.17. The van der Waals surface area contributed by atoms with E-state index in [4.69, 9.17) is 0 Å². The van der Waals surface area contributed by atoms with Crippen LogP contribution in [0.2, 0.25) is 0 Å². The summed E-state index contributed by atoms with van der Waals surface area (Å²) in [5.74, 6) is 0.342. The third-order valence-electron chi connectivity index (χ3n) is 4.92. The number of rotatable bonds is 7. The highest BCUT2D eigenvalue weighted by Gasteiger charge is 2.38. The van der Waals surface area contributed by atoms with E-state index < -0.39 is 14.9 Å². The maximum atomic E-state index is 13.3. The van der Waals surface area contributed by atoms with Gasteiger partial charge in [0.1, 0.15) is 0 Å². The topological polar surface area (TPSA) is 80.5 Å². The van der Waals surface area contributed by atoms with Crippen molar-refractivity contribution in [3.63, 3.8) is 0 Å². The van der Waals surface area contributed by atoms with Gasteiger partial charge in [-0.2, -0.15) is 4.31 Å². The van der Waals surface area contributed by atoms with E-state index >= 15 is 0 Å². The fraction of sp³-hybridized carbons (Fsp3) is 0.368. The van der Waals surface area contributed by atoms with Crippen LogP contribution in [0, 0.1) is 23.0 Å². The minimum atomic E-state index is -3.85. The number of hydrogen-bond donors (Lipinski definition) is 0. The summed E-state index contributed by atoms with van der Waals surface area (Å²) in [6, 6.07) is 13.4. The molecule has 3 rings (SSSR count). The molecule has 1 aliphatic rings. The highest BCUT2D eigenvalue weighted by molar-refractivity contribution is 7.89. The lowest BCUT2D eigenvalue weighted by molar-refractivity contribution is -0.385. The van der Waals surface area contributed by atoms with Gasteiger partial charge in [0.05, 0.1) is 9.82 Å². The predicted molar refractivity (Wildman–Crippen MR) is 99.2 cm³/mol. The van der Waals surface area contributed by atoms with Crippen LogP contribution >= 0.6 is 0 Å². The molecule has 0 saturated heterocycles. The molecule has 0 bridgehead atoms. The summed E-state index contributed by atoms with van der Waals surface area (Å²) in [5.41, 5.74) is 1.16. The van der Waals surface area contributed by atoms with Gasteiger partial charge in [-0.15, -0.1) is 0 Å². The van der Waals surface area contributed by atoms with Gasteiger partial charge in [-0.3, -0.25) is 10.1 Å². The molecule has 0 heterocycles. The molecule has 2 aromatic rings. The summed E-state index contributed by atoms with van der Waals surface area (Å²) < 4.78 is 28.1. The summed E-state index contributed by atoms with van der Waals surface area (Å²) in [6.45, 7) is 3.77. The molecule has 0 radical (unpaired) electrons. The van der Waals surface area contributed by atoms with Crippen molar-refractivity contribution in [2.75, 3.05) is 0 Å². The molecule has 0 amide bonds. The Morgan fingerprint density at radius 3 is 2.42 bits per heavy atom. The van der Waals surface area contributed by atoms with Gasteiger partial charge in [0.25, 0.3) is 5.69 Å². The molecule has 1 saturated carbocycles. The van der Waals surface area contributed by atoms with E-state index in [-0.39, 0.29) is 23.2 Å². The van der Waals surface area contributed by atoms with Gasteiger partial charge in [0.2, 0.25) is 10.0 Å². The lowest BCUT2D eigenvalue weighted by Crippen LogP contribution is -2.39. The Balaban J connectivity index is 2.01. The number of nitro benzene ring substituents is 1. The first kappa shape index (κ1) is 18.5. The molecular weight excluding hydrogens is 352 g/mol. The van der Waals surface area contributed by atoms with Crippen LogP contribution < -0.4 is 0 Å². The minimum absolute atomic E-state index is 0.0294. The van der Waals surface area contributed by atoms with E-state index in [0.717, 1.165) is 18.4 Å². The molecule has 0 aromatic heterocycles. The predicted octanol–water partition coefficient (Wildman–Crippen LogP) is 3.89. The Bertz CT molecular complexity index is 908. The standard InChI is InChI=1S/C19H22N2O4S/c1-14-8-11-18(12-19(14)21(22)23)26(24,25)20(15(2)17-9-10-17)13-16-6-4-3-5-7-16/h3-8,11-12,15,17H,9-10,13H2,1-2H3/t15-/m0/s1. The highest BCUT2D eigenvalue weighted by Crippen LogP contribution is 2.38. The quantitative estimate of drug-likeness (QED) is 0.544. The van der Waals surface area contributed by atoms with Gasteiger partial charge in [0.15, 0.2) is 0 Å². The fourth-order valence-corrected chi connectivity index (χ4v) is 4.81. The van der Waals surface area contributed by atoms with Gasteiger partial charge in [-0.05, 0) is 44.2 Å². The summed E-state index contributed by atoms with van der Waals surface area (Å²) in [4.78, 5) is 10.6. The van der Waals surface area contributed by atoms with Gasteiger partial charge < -0.3 is 0 Å². The molecule has 1 fully saturated rings. The molecule has 0 N–H and O–H groups in total. The molecule has 1 atom stereocenters. The largest absolute Gasteiger partial charge is 0.273 e. The molecule has 26 heavy (non-hydrogen) atoms. The molecular formula is C19H22N2O4S. The van der Waals surface area contributed by atoms with Crippen LogP contribution in [0.4, 0.5) is 5.69 Å². The molecule has 6 nitrogen and oxygen atoms in total. The Labute approximate surface area is 153 Å². The first-order chi connectivity index (χ1) is 12.3. The molecule has 1 aliphatic carbocycles. The Morgan fingerprint density at radius 1 is 1.19 bits per heavy atom. The van der Waals surface area contributed by atoms with Crippen LogP contribution in [-0.4, -0.2) is 23.7 Å². The number of hydrogen-bond acceptors (Lipinski definition) is 4. The first-order valence-electron chi connectivity index (χ1n) is 8.61. The highest BCUT2D eigenvalue weighted by atomic mass is 32.2. The summed E-state index contributed by atoms with van der Waals surface area (Å²) >= 11 is 0. The van der Waals surface area contributed by atoms with Crippen LogP contribution in [0.5, 0.6) is 0 Å². The summed E-state index contributed by atoms with van der Waals surface area (Å²) in [5, 5.41) is 11.2. The van der Waals surface area contributed by atoms with Gasteiger partial charge in [-0.25, -0.2) is 8.42 Å². The monoisotopic (exact) mass is 374 g/mol. The maximum Gasteiger partial charge on any atom is 0.273 e. The molecule has 7 heteroatoms. The van der Waals surface area contributed by atoms with Crippen LogP contribution in [0.3, 0.4) is 0 Å². The van der Waals surface area contributed by atoms with E-state index in [0.29, 0.717) is 11.5 Å². The van der Waals surface area contributed by atoms with Crippen molar-refractivity contribution in [2.24, 2.45) is 5.92 Å². The van der Waals surface area contributed by atoms with Crippen molar-refractivity contribution >= 4 is 15.7 Å². The van der Waals surface area contributed by atoms with E-state index in [1.54, 1.807) is 6.92 Å². The molecule has 138 valence electrons. The second-order valence-electron chi connectivity index (χ2n) is 6.82. The van der Waals surface area contributed by atoms with Crippen molar-refractivity contribution in [1.82, 2.24) is 4.31 Å². The lowest BCUT2D eigenvalue weighted by atomic mass is 10.2. The Hall–Kier alpha value is -2.25. The van der Waals surface area contributed by atoms with Crippen LogP contribution in [0.1, 0.15) is 30.9 Å². The van der Waals surface area contributed by atoms with Crippen LogP contribution in [-0.2, 0) is 16.6 Å². The fourth-order valence-electron chi connectivity index (χ4n) is 3.11. The maximum absolute atomic E-state index is 13.3. The van der Waals surface area contributed by atoms with E-state index in [2.05, 4.69) is 0 Å². The van der Waals surface area contributed by atoms with Crippen molar-refractivity contribution in [2.45, 2.75) is 44.2 Å². The van der Waals surface area contributed by atoms with Crippen molar-refractivity contribution in [3.05, 3.63) is 69.8 Å². The summed E-state index contributed by atoms with van der Waals surface area (Å²) in [6.07, 6.45) is 2.02. The second-order valence-corrected chi connectivity index (χ2v) is 8.71. The molecule has 0 unspecified atom stereocenters. The Kier molecular flexibility index (Phi) is 5.11. The number of nitrogens with zero attached hydrogens (tertiary/aromatic N) is 2. The zero-order valence-electron chi connectivity index (χ0n) is 14.8. The van der Waals surface area contributed by atoms with E-state index in [9.17, 15) is 18.5 Å². The number of benzene rings is 2. The Morgan fingerprint density at radius 2 is 1.85 bits per heavy atom.